The Bertz CT molecular complexity index is 403. The van der Waals surface area contributed by atoms with Crippen LogP contribution in [0.25, 0.3) is 0 Å². The van der Waals surface area contributed by atoms with Gasteiger partial charge in [0.1, 0.15) is 0 Å². The topological polar surface area (TPSA) is 58.4 Å². The van der Waals surface area contributed by atoms with Gasteiger partial charge in [0.2, 0.25) is 5.91 Å². The van der Waals surface area contributed by atoms with E-state index in [2.05, 4.69) is 17.2 Å². The van der Waals surface area contributed by atoms with Crippen molar-refractivity contribution in [2.24, 2.45) is 11.8 Å². The van der Waals surface area contributed by atoms with E-state index >= 15 is 0 Å². The Morgan fingerprint density at radius 3 is 2.63 bits per heavy atom. The van der Waals surface area contributed by atoms with E-state index in [9.17, 15) is 4.79 Å². The van der Waals surface area contributed by atoms with E-state index in [0.717, 1.165) is 31.1 Å². The van der Waals surface area contributed by atoms with E-state index in [1.165, 1.54) is 12.8 Å². The van der Waals surface area contributed by atoms with Crippen LogP contribution in [-0.4, -0.2) is 30.4 Å². The maximum absolute atomic E-state index is 12.0. The molecule has 0 heterocycles. The molecule has 1 aromatic carbocycles. The number of likely N-dealkylation sites (N-methyl/N-ethyl adjacent to an activating group) is 1. The minimum Gasteiger partial charge on any atom is -0.302 e. The fourth-order valence-corrected chi connectivity index (χ4v) is 2.38. The minimum atomic E-state index is -0.190. The van der Waals surface area contributed by atoms with Crippen LogP contribution >= 0.6 is 0 Å². The monoisotopic (exact) mass is 261 g/mol. The zero-order valence-electron chi connectivity index (χ0n) is 11.5. The van der Waals surface area contributed by atoms with Crippen molar-refractivity contribution in [1.82, 2.24) is 10.3 Å². The number of benzene rings is 1. The summed E-state index contributed by atoms with van der Waals surface area (Å²) >= 11 is 0. The Kier molecular flexibility index (Phi) is 4.93. The summed E-state index contributed by atoms with van der Waals surface area (Å²) in [7, 11) is 0. The zero-order valence-corrected chi connectivity index (χ0v) is 11.5. The molecule has 4 heteroatoms. The lowest BCUT2D eigenvalue weighted by molar-refractivity contribution is -0.123. The van der Waals surface area contributed by atoms with Gasteiger partial charge in [0, 0.05) is 13.1 Å². The fourth-order valence-electron chi connectivity index (χ4n) is 2.38. The van der Waals surface area contributed by atoms with Crippen molar-refractivity contribution in [3.05, 3.63) is 35.9 Å². The third-order valence-corrected chi connectivity index (χ3v) is 3.76. The number of hydrazine groups is 1. The van der Waals surface area contributed by atoms with Gasteiger partial charge in [0.05, 0.1) is 5.92 Å². The lowest BCUT2D eigenvalue weighted by Crippen LogP contribution is -2.41. The highest BCUT2D eigenvalue weighted by Crippen LogP contribution is 2.30. The molecule has 0 radical (unpaired) electrons. The molecule has 0 saturated heterocycles. The van der Waals surface area contributed by atoms with Crippen molar-refractivity contribution in [2.45, 2.75) is 25.7 Å². The summed E-state index contributed by atoms with van der Waals surface area (Å²) in [6, 6.07) is 9.87. The summed E-state index contributed by atoms with van der Waals surface area (Å²) < 4.78 is 0. The molecule has 1 fully saturated rings. The first kappa shape index (κ1) is 14.0. The Hall–Kier alpha value is -1.39. The normalized spacial score (nSPS) is 16.4. The van der Waals surface area contributed by atoms with E-state index in [0.29, 0.717) is 0 Å². The van der Waals surface area contributed by atoms with Gasteiger partial charge >= 0.3 is 0 Å². The molecule has 1 amide bonds. The van der Waals surface area contributed by atoms with E-state index in [1.807, 2.05) is 30.3 Å². The average molecular weight is 261 g/mol. The number of carbonyl (C=O) groups excluding carboxylic acids is 1. The van der Waals surface area contributed by atoms with Gasteiger partial charge in [0.15, 0.2) is 0 Å². The van der Waals surface area contributed by atoms with Crippen molar-refractivity contribution in [3.8, 4) is 0 Å². The van der Waals surface area contributed by atoms with Gasteiger partial charge in [-0.05, 0) is 30.9 Å². The van der Waals surface area contributed by atoms with Gasteiger partial charge in [-0.25, -0.2) is 5.84 Å². The predicted molar refractivity (Wildman–Crippen MR) is 76.4 cm³/mol. The molecule has 3 N–H and O–H groups in total. The number of nitrogens with one attached hydrogen (secondary N) is 1. The number of nitrogens with zero attached hydrogens (tertiary/aromatic N) is 1. The van der Waals surface area contributed by atoms with Crippen molar-refractivity contribution >= 4 is 5.91 Å². The first-order chi connectivity index (χ1) is 9.24. The molecule has 1 atom stereocenters. The highest BCUT2D eigenvalue weighted by molar-refractivity contribution is 5.83. The van der Waals surface area contributed by atoms with Crippen LogP contribution in [0.15, 0.2) is 30.3 Å². The molecule has 19 heavy (non-hydrogen) atoms. The largest absolute Gasteiger partial charge is 0.302 e. The summed E-state index contributed by atoms with van der Waals surface area (Å²) in [6.07, 6.45) is 2.66. The molecule has 0 spiro atoms. The number of carbonyl (C=O) groups is 1. The maximum Gasteiger partial charge on any atom is 0.242 e. The third kappa shape index (κ3) is 4.04. The first-order valence-corrected chi connectivity index (χ1v) is 7.02. The smallest absolute Gasteiger partial charge is 0.242 e. The number of hydrogen-bond acceptors (Lipinski definition) is 3. The molecule has 1 aromatic rings. The summed E-state index contributed by atoms with van der Waals surface area (Å²) in [5.41, 5.74) is 3.32. The van der Waals surface area contributed by atoms with Gasteiger partial charge in [-0.3, -0.25) is 10.2 Å². The summed E-state index contributed by atoms with van der Waals surface area (Å²) in [5.74, 6) is 5.85. The second-order valence-corrected chi connectivity index (χ2v) is 5.27. The SMILES string of the molecule is CCN(CC1CC1)CC(C(=O)NN)c1ccccc1. The summed E-state index contributed by atoms with van der Waals surface area (Å²) in [4.78, 5) is 14.4. The molecule has 0 aromatic heterocycles. The van der Waals surface area contributed by atoms with Crippen LogP contribution in [0, 0.1) is 5.92 Å². The second kappa shape index (κ2) is 6.68. The van der Waals surface area contributed by atoms with Gasteiger partial charge < -0.3 is 4.90 Å². The molecule has 0 aliphatic heterocycles. The average Bonchev–Trinajstić information content (AvgIpc) is 3.27. The van der Waals surface area contributed by atoms with E-state index < -0.39 is 0 Å². The lowest BCUT2D eigenvalue weighted by Gasteiger charge is -2.25. The highest BCUT2D eigenvalue weighted by Gasteiger charge is 2.27. The fraction of sp³-hybridized carbons (Fsp3) is 0.533. The Labute approximate surface area is 114 Å². The quantitative estimate of drug-likeness (QED) is 0.444. The third-order valence-electron chi connectivity index (χ3n) is 3.76. The number of nitrogens with two attached hydrogens (primary N) is 1. The molecular weight excluding hydrogens is 238 g/mol. The molecule has 104 valence electrons. The summed E-state index contributed by atoms with van der Waals surface area (Å²) in [6.45, 7) is 4.94. The van der Waals surface area contributed by atoms with Crippen molar-refractivity contribution in [1.29, 1.82) is 0 Å². The number of hydrogen-bond donors (Lipinski definition) is 2. The van der Waals surface area contributed by atoms with Crippen molar-refractivity contribution in [3.63, 3.8) is 0 Å². The maximum atomic E-state index is 12.0. The molecular formula is C15H23N3O. The molecule has 4 nitrogen and oxygen atoms in total. The Morgan fingerprint density at radius 2 is 2.11 bits per heavy atom. The van der Waals surface area contributed by atoms with Gasteiger partial charge in [-0.2, -0.15) is 0 Å². The van der Waals surface area contributed by atoms with Crippen LogP contribution in [0.2, 0.25) is 0 Å². The molecule has 1 saturated carbocycles. The first-order valence-electron chi connectivity index (χ1n) is 7.02. The summed E-state index contributed by atoms with van der Waals surface area (Å²) in [5, 5.41) is 0. The van der Waals surface area contributed by atoms with Gasteiger partial charge in [0.25, 0.3) is 0 Å². The van der Waals surface area contributed by atoms with Crippen LogP contribution in [0.3, 0.4) is 0 Å². The van der Waals surface area contributed by atoms with Crippen LogP contribution in [-0.2, 0) is 4.79 Å². The van der Waals surface area contributed by atoms with Gasteiger partial charge in [-0.1, -0.05) is 37.3 Å². The Morgan fingerprint density at radius 1 is 1.42 bits per heavy atom. The van der Waals surface area contributed by atoms with Crippen molar-refractivity contribution in [2.75, 3.05) is 19.6 Å². The van der Waals surface area contributed by atoms with Crippen molar-refractivity contribution < 1.29 is 4.79 Å². The van der Waals surface area contributed by atoms with Crippen LogP contribution in [0.5, 0.6) is 0 Å². The number of rotatable bonds is 7. The molecule has 2 rings (SSSR count). The van der Waals surface area contributed by atoms with Crippen LogP contribution in [0.4, 0.5) is 0 Å². The standard InChI is InChI=1S/C15H23N3O/c1-2-18(10-12-8-9-12)11-14(15(19)17-16)13-6-4-3-5-7-13/h3-7,12,14H,2,8-11,16H2,1H3,(H,17,19). The predicted octanol–water partition coefficient (Wildman–Crippen LogP) is 1.49. The second-order valence-electron chi connectivity index (χ2n) is 5.27. The highest BCUT2D eigenvalue weighted by atomic mass is 16.2. The van der Waals surface area contributed by atoms with Crippen LogP contribution < -0.4 is 11.3 Å². The number of amides is 1. The zero-order chi connectivity index (χ0) is 13.7. The molecule has 1 aliphatic rings. The Balaban J connectivity index is 2.06. The lowest BCUT2D eigenvalue weighted by atomic mass is 9.97. The van der Waals surface area contributed by atoms with Gasteiger partial charge in [-0.15, -0.1) is 0 Å². The van der Waals surface area contributed by atoms with E-state index in [1.54, 1.807) is 0 Å². The minimum absolute atomic E-state index is 0.111. The molecule has 1 aliphatic carbocycles. The molecule has 1 unspecified atom stereocenters. The van der Waals surface area contributed by atoms with Crippen LogP contribution in [0.1, 0.15) is 31.2 Å². The van der Waals surface area contributed by atoms with E-state index in [-0.39, 0.29) is 11.8 Å². The van der Waals surface area contributed by atoms with E-state index in [4.69, 9.17) is 5.84 Å². The molecule has 0 bridgehead atoms.